The second kappa shape index (κ2) is 14.0. The Labute approximate surface area is 327 Å². The third kappa shape index (κ3) is 6.15. The fourth-order valence-electron chi connectivity index (χ4n) is 8.14. The summed E-state index contributed by atoms with van der Waals surface area (Å²) in [6.07, 6.45) is 6.26. The van der Waals surface area contributed by atoms with E-state index in [9.17, 15) is 0 Å². The van der Waals surface area contributed by atoms with E-state index in [1.807, 2.05) is 30.3 Å². The van der Waals surface area contributed by atoms with Crippen LogP contribution in [0, 0.1) is 0 Å². The Morgan fingerprint density at radius 3 is 1.54 bits per heavy atom. The third-order valence-electron chi connectivity index (χ3n) is 11.3. The van der Waals surface area contributed by atoms with Crippen LogP contribution in [0.25, 0.3) is 39.0 Å². The van der Waals surface area contributed by atoms with Gasteiger partial charge in [0.25, 0.3) is 0 Å². The third-order valence-corrected chi connectivity index (χ3v) is 11.3. The highest BCUT2D eigenvalue weighted by atomic mass is 16.5. The number of hydrogen-bond donors (Lipinski definition) is 1. The van der Waals surface area contributed by atoms with Gasteiger partial charge in [0.15, 0.2) is 6.17 Å². The number of nitrogens with one attached hydrogen (secondary N) is 1. The maximum atomic E-state index is 6.76. The average molecular weight is 722 g/mol. The fourth-order valence-corrected chi connectivity index (χ4v) is 8.14. The minimum atomic E-state index is -0.401. The zero-order chi connectivity index (χ0) is 37.5. The van der Waals surface area contributed by atoms with Crippen molar-refractivity contribution in [3.8, 4) is 39.1 Å². The molecule has 10 rings (SSSR count). The maximum Gasteiger partial charge on any atom is 0.169 e. The minimum absolute atomic E-state index is 0.163. The van der Waals surface area contributed by atoms with Gasteiger partial charge in [0.2, 0.25) is 0 Å². The van der Waals surface area contributed by atoms with Crippen molar-refractivity contribution in [2.24, 2.45) is 9.98 Å². The van der Waals surface area contributed by atoms with Crippen LogP contribution in [0.3, 0.4) is 0 Å². The molecule has 1 aliphatic carbocycles. The van der Waals surface area contributed by atoms with E-state index in [0.717, 1.165) is 50.8 Å². The van der Waals surface area contributed by atoms with Crippen LogP contribution in [0.15, 0.2) is 210 Å². The normalized spacial score (nSPS) is 19.4. The second-order valence-electron chi connectivity index (χ2n) is 14.8. The van der Waals surface area contributed by atoms with E-state index >= 15 is 0 Å². The van der Waals surface area contributed by atoms with Crippen molar-refractivity contribution in [2.75, 3.05) is 0 Å². The van der Waals surface area contributed by atoms with Crippen LogP contribution in [0.4, 0.5) is 0 Å². The molecule has 0 saturated heterocycles. The summed E-state index contributed by atoms with van der Waals surface area (Å²) in [5.41, 5.74) is 13.3. The molecule has 0 bridgehead atoms. The molecule has 0 aromatic heterocycles. The molecule has 2 heterocycles. The smallest absolute Gasteiger partial charge is 0.169 e. The first-order valence-electron chi connectivity index (χ1n) is 19.2. The summed E-state index contributed by atoms with van der Waals surface area (Å²) >= 11 is 0. The van der Waals surface area contributed by atoms with Gasteiger partial charge in [-0.1, -0.05) is 188 Å². The highest BCUT2D eigenvalue weighted by molar-refractivity contribution is 6.17. The molecule has 7 aromatic rings. The molecule has 3 aliphatic rings. The van der Waals surface area contributed by atoms with E-state index < -0.39 is 11.6 Å². The quantitative estimate of drug-likeness (QED) is 0.178. The molecular weight excluding hydrogens is 683 g/mol. The molecule has 4 heteroatoms. The van der Waals surface area contributed by atoms with Gasteiger partial charge in [-0.3, -0.25) is 0 Å². The van der Waals surface area contributed by atoms with E-state index in [1.54, 1.807) is 0 Å². The number of rotatable bonds is 7. The molecular formula is C52H39N3O. The molecule has 2 aliphatic heterocycles. The molecule has 0 fully saturated rings. The monoisotopic (exact) mass is 721 g/mol. The van der Waals surface area contributed by atoms with Crippen LogP contribution in [0.2, 0.25) is 0 Å². The molecule has 1 N–H and O–H groups in total. The van der Waals surface area contributed by atoms with Gasteiger partial charge in [-0.2, -0.15) is 0 Å². The average Bonchev–Trinajstić information content (AvgIpc) is 3.59. The molecule has 0 spiro atoms. The van der Waals surface area contributed by atoms with E-state index in [2.05, 4.69) is 182 Å². The summed E-state index contributed by atoms with van der Waals surface area (Å²) in [4.78, 5) is 10.4. The van der Waals surface area contributed by atoms with Gasteiger partial charge in [0.1, 0.15) is 23.5 Å². The van der Waals surface area contributed by atoms with Crippen LogP contribution in [-0.4, -0.2) is 17.8 Å². The lowest BCUT2D eigenvalue weighted by Gasteiger charge is -2.31. The highest BCUT2D eigenvalue weighted by Crippen LogP contribution is 2.49. The van der Waals surface area contributed by atoms with Crippen LogP contribution in [0.1, 0.15) is 40.9 Å². The van der Waals surface area contributed by atoms with E-state index in [0.29, 0.717) is 0 Å². The van der Waals surface area contributed by atoms with Crippen LogP contribution >= 0.6 is 0 Å². The van der Waals surface area contributed by atoms with Gasteiger partial charge < -0.3 is 10.1 Å². The fraction of sp³-hybridized carbons (Fsp3) is 0.0769. The lowest BCUT2D eigenvalue weighted by Crippen LogP contribution is -2.39. The Morgan fingerprint density at radius 1 is 0.482 bits per heavy atom. The predicted molar refractivity (Wildman–Crippen MR) is 230 cm³/mol. The Hall–Kier alpha value is -7.04. The first kappa shape index (κ1) is 33.5. The van der Waals surface area contributed by atoms with Gasteiger partial charge in [-0.15, -0.1) is 0 Å². The number of hydrogen-bond acceptors (Lipinski definition) is 4. The Balaban J connectivity index is 0.949. The molecule has 0 saturated carbocycles. The van der Waals surface area contributed by atoms with Crippen molar-refractivity contribution >= 4 is 17.2 Å². The van der Waals surface area contributed by atoms with E-state index in [4.69, 9.17) is 14.7 Å². The Morgan fingerprint density at radius 2 is 0.964 bits per heavy atom. The molecule has 3 unspecified atom stereocenters. The molecule has 0 radical (unpaired) electrons. The lowest BCUT2D eigenvalue weighted by molar-refractivity contribution is 0.229. The molecule has 3 atom stereocenters. The number of fused-ring (bicyclic) bond motifs is 3. The molecule has 268 valence electrons. The number of nitrogens with zero attached hydrogens (tertiary/aromatic N) is 2. The van der Waals surface area contributed by atoms with Crippen molar-refractivity contribution in [2.45, 2.75) is 24.6 Å². The highest BCUT2D eigenvalue weighted by Gasteiger charge is 2.46. The summed E-state index contributed by atoms with van der Waals surface area (Å²) in [6.45, 7) is 2.27. The number of benzene rings is 7. The predicted octanol–water partition coefficient (Wildman–Crippen LogP) is 11.9. The van der Waals surface area contributed by atoms with Crippen molar-refractivity contribution in [3.05, 3.63) is 228 Å². The van der Waals surface area contributed by atoms with Gasteiger partial charge in [-0.05, 0) is 69.1 Å². The van der Waals surface area contributed by atoms with Crippen molar-refractivity contribution in [1.29, 1.82) is 0 Å². The first-order valence-corrected chi connectivity index (χ1v) is 19.2. The second-order valence-corrected chi connectivity index (χ2v) is 14.8. The summed E-state index contributed by atoms with van der Waals surface area (Å²) < 4.78 is 6.76. The van der Waals surface area contributed by atoms with Gasteiger partial charge in [0.05, 0.1) is 5.41 Å². The topological polar surface area (TPSA) is 46.0 Å². The van der Waals surface area contributed by atoms with Gasteiger partial charge in [-0.25, -0.2) is 9.98 Å². The number of aliphatic imine (C=N–C) groups is 2. The molecule has 0 amide bonds. The van der Waals surface area contributed by atoms with Crippen LogP contribution < -0.4 is 10.1 Å². The van der Waals surface area contributed by atoms with Crippen LogP contribution in [0.5, 0.6) is 5.75 Å². The van der Waals surface area contributed by atoms with Gasteiger partial charge >= 0.3 is 0 Å². The largest absolute Gasteiger partial charge is 0.485 e. The standard InChI is InChI=1S/C52H39N3O/c1-52-33-32-44(41-26-24-38(25-27-41)36-14-7-3-8-15-36)34-47(52)56-46-19-11-18-45(48(46)52)51-54-49(42-16-9-4-10-17-42)53-50(55-51)43-30-28-40(29-31-43)39-22-20-37(21-23-39)35-12-5-2-6-13-35/h2-34,47,49H,1H3,(H,53,54,55). The van der Waals surface area contributed by atoms with Crippen LogP contribution in [-0.2, 0) is 5.41 Å². The molecule has 4 nitrogen and oxygen atoms in total. The zero-order valence-corrected chi connectivity index (χ0v) is 31.0. The molecule has 7 aromatic carbocycles. The SMILES string of the molecule is CC12C=CC(c3ccc(-c4ccccc4)cc3)=CC1Oc1cccc(C3=NC(c4ccccc4)N=C(c4ccc(-c5ccc(-c6ccccc6)cc5)cc4)N3)c12. The minimum Gasteiger partial charge on any atom is -0.485 e. The summed E-state index contributed by atoms with van der Waals surface area (Å²) in [6, 6.07) is 63.8. The summed E-state index contributed by atoms with van der Waals surface area (Å²) in [7, 11) is 0. The zero-order valence-electron chi connectivity index (χ0n) is 31.0. The number of allylic oxidation sites excluding steroid dienone is 2. The summed E-state index contributed by atoms with van der Waals surface area (Å²) in [5.74, 6) is 2.45. The number of amidine groups is 2. The Kier molecular flexibility index (Phi) is 8.37. The summed E-state index contributed by atoms with van der Waals surface area (Å²) in [5, 5.41) is 3.67. The van der Waals surface area contributed by atoms with Gasteiger partial charge in [0, 0.05) is 16.7 Å². The van der Waals surface area contributed by atoms with E-state index in [1.165, 1.54) is 33.4 Å². The number of ether oxygens (including phenoxy) is 1. The maximum absolute atomic E-state index is 6.76. The first-order chi connectivity index (χ1) is 27.6. The lowest BCUT2D eigenvalue weighted by atomic mass is 9.73. The molecule has 56 heavy (non-hydrogen) atoms. The van der Waals surface area contributed by atoms with Crippen molar-refractivity contribution in [3.63, 3.8) is 0 Å². The van der Waals surface area contributed by atoms with Crippen molar-refractivity contribution in [1.82, 2.24) is 5.32 Å². The Bertz CT molecular complexity index is 2660. The van der Waals surface area contributed by atoms with E-state index in [-0.39, 0.29) is 6.10 Å². The van der Waals surface area contributed by atoms with Crippen molar-refractivity contribution < 1.29 is 4.74 Å².